The first-order chi connectivity index (χ1) is 13.7. The number of halogens is 2. The number of amides is 1. The zero-order valence-electron chi connectivity index (χ0n) is 17.4. The number of carbonyl (C=O) groups is 1. The predicted octanol–water partition coefficient (Wildman–Crippen LogP) is 4.28. The number of hydrogen-bond acceptors (Lipinski definition) is 3. The van der Waals surface area contributed by atoms with Crippen molar-refractivity contribution in [1.82, 2.24) is 9.80 Å². The molecule has 2 aromatic carbocycles. The molecule has 1 aliphatic carbocycles. The Bertz CT molecular complexity index is 727. The van der Waals surface area contributed by atoms with Crippen LogP contribution < -0.4 is 5.73 Å². The van der Waals surface area contributed by atoms with Crippen LogP contribution in [0.3, 0.4) is 0 Å². The van der Waals surface area contributed by atoms with Crippen molar-refractivity contribution in [3.05, 3.63) is 71.8 Å². The lowest BCUT2D eigenvalue weighted by molar-refractivity contribution is -0.138. The van der Waals surface area contributed by atoms with E-state index in [1.807, 2.05) is 0 Å². The van der Waals surface area contributed by atoms with Crippen molar-refractivity contribution in [3.63, 3.8) is 0 Å². The molecule has 1 heterocycles. The first kappa shape index (κ1) is 24.7. The molecule has 1 aliphatic heterocycles. The average molecular weight is 450 g/mol. The van der Waals surface area contributed by atoms with Gasteiger partial charge < -0.3 is 10.6 Å². The van der Waals surface area contributed by atoms with Crippen LogP contribution in [0.2, 0.25) is 0 Å². The van der Waals surface area contributed by atoms with Crippen molar-refractivity contribution in [2.45, 2.75) is 37.8 Å². The minimum Gasteiger partial charge on any atom is -0.340 e. The summed E-state index contributed by atoms with van der Waals surface area (Å²) in [5, 5.41) is 0. The fourth-order valence-electron chi connectivity index (χ4n) is 4.80. The SMILES string of the molecule is Cl.Cl.NC1CCCC(C(=O)N2CCN(C(c3ccccc3)c3ccccc3)CC2)C1. The van der Waals surface area contributed by atoms with Crippen molar-refractivity contribution in [2.75, 3.05) is 26.2 Å². The van der Waals surface area contributed by atoms with Gasteiger partial charge in [0.1, 0.15) is 0 Å². The van der Waals surface area contributed by atoms with E-state index in [-0.39, 0.29) is 42.8 Å². The van der Waals surface area contributed by atoms with Crippen molar-refractivity contribution in [1.29, 1.82) is 0 Å². The average Bonchev–Trinajstić information content (AvgIpc) is 2.75. The van der Waals surface area contributed by atoms with Gasteiger partial charge in [0, 0.05) is 38.1 Å². The molecule has 30 heavy (non-hydrogen) atoms. The largest absolute Gasteiger partial charge is 0.340 e. The lowest BCUT2D eigenvalue weighted by Gasteiger charge is -2.41. The van der Waals surface area contributed by atoms with E-state index in [1.165, 1.54) is 11.1 Å². The van der Waals surface area contributed by atoms with Gasteiger partial charge in [0.05, 0.1) is 6.04 Å². The molecule has 4 nitrogen and oxygen atoms in total. The van der Waals surface area contributed by atoms with Gasteiger partial charge in [-0.25, -0.2) is 0 Å². The molecule has 2 fully saturated rings. The molecule has 0 bridgehead atoms. The highest BCUT2D eigenvalue weighted by Crippen LogP contribution is 2.30. The topological polar surface area (TPSA) is 49.6 Å². The summed E-state index contributed by atoms with van der Waals surface area (Å²) >= 11 is 0. The number of nitrogens with two attached hydrogens (primary N) is 1. The molecule has 6 heteroatoms. The zero-order chi connectivity index (χ0) is 19.3. The van der Waals surface area contributed by atoms with Crippen molar-refractivity contribution < 1.29 is 4.79 Å². The Morgan fingerprint density at radius 1 is 0.833 bits per heavy atom. The highest BCUT2D eigenvalue weighted by molar-refractivity contribution is 5.85. The zero-order valence-corrected chi connectivity index (χ0v) is 19.0. The fourth-order valence-corrected chi connectivity index (χ4v) is 4.80. The molecule has 2 aromatic rings. The summed E-state index contributed by atoms with van der Waals surface area (Å²) in [6.07, 6.45) is 4.01. The van der Waals surface area contributed by atoms with E-state index in [1.54, 1.807) is 0 Å². The molecule has 2 N–H and O–H groups in total. The molecule has 2 aliphatic rings. The van der Waals surface area contributed by atoms with Crippen LogP contribution in [0, 0.1) is 5.92 Å². The van der Waals surface area contributed by atoms with Crippen LogP contribution in [-0.4, -0.2) is 47.9 Å². The Hall–Kier alpha value is -1.59. The maximum absolute atomic E-state index is 13.0. The second-order valence-electron chi connectivity index (χ2n) is 8.21. The van der Waals surface area contributed by atoms with Gasteiger partial charge in [0.2, 0.25) is 5.91 Å². The molecule has 1 amide bonds. The van der Waals surface area contributed by atoms with Crippen LogP contribution in [-0.2, 0) is 4.79 Å². The summed E-state index contributed by atoms with van der Waals surface area (Å²) in [5.41, 5.74) is 8.73. The molecular formula is C24H33Cl2N3O. The molecule has 164 valence electrons. The van der Waals surface area contributed by atoms with E-state index in [4.69, 9.17) is 5.73 Å². The third kappa shape index (κ3) is 5.76. The highest BCUT2D eigenvalue weighted by atomic mass is 35.5. The minimum atomic E-state index is 0. The molecule has 0 aromatic heterocycles. The molecular weight excluding hydrogens is 417 g/mol. The summed E-state index contributed by atoms with van der Waals surface area (Å²) in [4.78, 5) is 17.6. The molecule has 2 atom stereocenters. The van der Waals surface area contributed by atoms with Crippen molar-refractivity contribution in [3.8, 4) is 0 Å². The lowest BCUT2D eigenvalue weighted by Crippen LogP contribution is -2.52. The summed E-state index contributed by atoms with van der Waals surface area (Å²) < 4.78 is 0. The molecule has 1 saturated heterocycles. The first-order valence-electron chi connectivity index (χ1n) is 10.6. The van der Waals surface area contributed by atoms with Gasteiger partial charge >= 0.3 is 0 Å². The number of benzene rings is 2. The number of carbonyl (C=O) groups excluding carboxylic acids is 1. The van der Waals surface area contributed by atoms with Gasteiger partial charge in [-0.2, -0.15) is 0 Å². The number of nitrogens with zero attached hydrogens (tertiary/aromatic N) is 2. The van der Waals surface area contributed by atoms with Crippen LogP contribution in [0.5, 0.6) is 0 Å². The van der Waals surface area contributed by atoms with Crippen LogP contribution in [0.1, 0.15) is 42.9 Å². The van der Waals surface area contributed by atoms with Crippen LogP contribution in [0.15, 0.2) is 60.7 Å². The minimum absolute atomic E-state index is 0. The van der Waals surface area contributed by atoms with Crippen LogP contribution in [0.4, 0.5) is 0 Å². The third-order valence-electron chi connectivity index (χ3n) is 6.29. The second kappa shape index (κ2) is 11.7. The number of rotatable bonds is 4. The monoisotopic (exact) mass is 449 g/mol. The summed E-state index contributed by atoms with van der Waals surface area (Å²) in [5.74, 6) is 0.458. The van der Waals surface area contributed by atoms with Gasteiger partial charge in [-0.3, -0.25) is 9.69 Å². The Morgan fingerprint density at radius 3 is 1.87 bits per heavy atom. The second-order valence-corrected chi connectivity index (χ2v) is 8.21. The Balaban J connectivity index is 0.00000160. The maximum atomic E-state index is 13.0. The molecule has 1 saturated carbocycles. The van der Waals surface area contributed by atoms with Gasteiger partial charge in [-0.05, 0) is 30.4 Å². The quantitative estimate of drug-likeness (QED) is 0.757. The van der Waals surface area contributed by atoms with Crippen molar-refractivity contribution in [2.24, 2.45) is 11.7 Å². The van der Waals surface area contributed by atoms with E-state index in [0.717, 1.165) is 51.9 Å². The van der Waals surface area contributed by atoms with E-state index >= 15 is 0 Å². The lowest BCUT2D eigenvalue weighted by atomic mass is 9.85. The normalized spacial score (nSPS) is 22.1. The highest BCUT2D eigenvalue weighted by Gasteiger charge is 2.32. The summed E-state index contributed by atoms with van der Waals surface area (Å²) in [6, 6.07) is 21.8. The standard InChI is InChI=1S/C24H31N3O.2ClH/c25-22-13-7-12-21(18-22)24(28)27-16-14-26(15-17-27)23(19-8-3-1-4-9-19)20-10-5-2-6-11-20;;/h1-6,8-11,21-23H,7,12-18,25H2;2*1H. The Kier molecular flexibility index (Phi) is 9.63. The fraction of sp³-hybridized carbons (Fsp3) is 0.458. The van der Waals surface area contributed by atoms with Crippen LogP contribution in [0.25, 0.3) is 0 Å². The molecule has 0 spiro atoms. The van der Waals surface area contributed by atoms with E-state index < -0.39 is 0 Å². The smallest absolute Gasteiger partial charge is 0.225 e. The van der Waals surface area contributed by atoms with E-state index in [2.05, 4.69) is 70.5 Å². The van der Waals surface area contributed by atoms with E-state index in [9.17, 15) is 4.79 Å². The van der Waals surface area contributed by atoms with Crippen LogP contribution >= 0.6 is 24.8 Å². The molecule has 4 rings (SSSR count). The summed E-state index contributed by atoms with van der Waals surface area (Å²) in [7, 11) is 0. The first-order valence-corrected chi connectivity index (χ1v) is 10.6. The molecule has 0 radical (unpaired) electrons. The number of piperazine rings is 1. The van der Waals surface area contributed by atoms with Crippen molar-refractivity contribution >= 4 is 30.7 Å². The third-order valence-corrected chi connectivity index (χ3v) is 6.29. The maximum Gasteiger partial charge on any atom is 0.225 e. The van der Waals surface area contributed by atoms with Gasteiger partial charge in [-0.15, -0.1) is 24.8 Å². The Labute approximate surface area is 192 Å². The Morgan fingerprint density at radius 2 is 1.37 bits per heavy atom. The van der Waals surface area contributed by atoms with Gasteiger partial charge in [-0.1, -0.05) is 67.1 Å². The predicted molar refractivity (Wildman–Crippen MR) is 127 cm³/mol. The van der Waals surface area contributed by atoms with Gasteiger partial charge in [0.15, 0.2) is 0 Å². The number of hydrogen-bond donors (Lipinski definition) is 1. The van der Waals surface area contributed by atoms with Gasteiger partial charge in [0.25, 0.3) is 0 Å². The van der Waals surface area contributed by atoms with E-state index in [0.29, 0.717) is 5.91 Å². The summed E-state index contributed by atoms with van der Waals surface area (Å²) in [6.45, 7) is 3.42. The molecule has 2 unspecified atom stereocenters.